The molecule has 7 unspecified atom stereocenters. The smallest absolute Gasteiger partial charge is 0.305 e. The van der Waals surface area contributed by atoms with Crippen molar-refractivity contribution < 1.29 is 49.3 Å². The largest absolute Gasteiger partial charge is 0.466 e. The lowest BCUT2D eigenvalue weighted by Gasteiger charge is -2.40. The van der Waals surface area contributed by atoms with Gasteiger partial charge in [-0.25, -0.2) is 0 Å². The Morgan fingerprint density at radius 3 is 1.04 bits per heavy atom. The Labute approximate surface area is 624 Å². The van der Waals surface area contributed by atoms with Crippen molar-refractivity contribution in [3.8, 4) is 0 Å². The molecule has 1 aliphatic heterocycles. The van der Waals surface area contributed by atoms with E-state index in [0.29, 0.717) is 19.4 Å². The van der Waals surface area contributed by atoms with Gasteiger partial charge in [0.25, 0.3) is 0 Å². The van der Waals surface area contributed by atoms with Gasteiger partial charge in [-0.2, -0.15) is 0 Å². The van der Waals surface area contributed by atoms with Gasteiger partial charge in [0.05, 0.1) is 32.0 Å². The molecule has 592 valence electrons. The molecule has 1 heterocycles. The van der Waals surface area contributed by atoms with Crippen molar-refractivity contribution in [2.24, 2.45) is 0 Å². The predicted octanol–water partition coefficient (Wildman–Crippen LogP) is 24.8. The molecule has 1 fully saturated rings. The number of unbranched alkanes of at least 4 members (excludes halogenated alkanes) is 57. The maximum atomic E-state index is 13.1. The van der Waals surface area contributed by atoms with Crippen molar-refractivity contribution >= 4 is 11.9 Å². The van der Waals surface area contributed by atoms with Crippen LogP contribution in [0.4, 0.5) is 0 Å². The van der Waals surface area contributed by atoms with E-state index >= 15 is 0 Å². The van der Waals surface area contributed by atoms with Crippen molar-refractivity contribution in [1.29, 1.82) is 0 Å². The summed E-state index contributed by atoms with van der Waals surface area (Å²) >= 11 is 0. The van der Waals surface area contributed by atoms with Crippen LogP contribution in [0.25, 0.3) is 0 Å². The summed E-state index contributed by atoms with van der Waals surface area (Å²) in [5.41, 5.74) is 0. The van der Waals surface area contributed by atoms with E-state index in [2.05, 4.69) is 67.8 Å². The van der Waals surface area contributed by atoms with Crippen LogP contribution in [0.15, 0.2) is 60.8 Å². The average Bonchev–Trinajstić information content (AvgIpc) is 0.823. The molecule has 1 saturated heterocycles. The highest BCUT2D eigenvalue weighted by Crippen LogP contribution is 2.24. The summed E-state index contributed by atoms with van der Waals surface area (Å²) in [6, 6.07) is -0.827. The summed E-state index contributed by atoms with van der Waals surface area (Å²) in [5.74, 6) is -0.172. The third-order valence-corrected chi connectivity index (χ3v) is 20.8. The zero-order valence-corrected chi connectivity index (χ0v) is 66.4. The first-order valence-corrected chi connectivity index (χ1v) is 44.1. The number of carbonyl (C=O) groups excluding carboxylic acids is 2. The van der Waals surface area contributed by atoms with Crippen molar-refractivity contribution in [3.63, 3.8) is 0 Å². The van der Waals surface area contributed by atoms with Gasteiger partial charge in [0, 0.05) is 12.8 Å². The molecule has 0 aromatic heterocycles. The van der Waals surface area contributed by atoms with Crippen LogP contribution in [0.1, 0.15) is 438 Å². The normalized spacial score (nSPS) is 17.3. The fraction of sp³-hybridized carbons (Fsp3) is 0.867. The fourth-order valence-electron chi connectivity index (χ4n) is 14.0. The highest BCUT2D eigenvalue weighted by molar-refractivity contribution is 5.76. The molecule has 1 rings (SSSR count). The molecular formula is C90H167NO10. The molecule has 0 saturated carbocycles. The molecule has 6 N–H and O–H groups in total. The second-order valence-corrected chi connectivity index (χ2v) is 30.6. The van der Waals surface area contributed by atoms with E-state index in [4.69, 9.17) is 14.2 Å². The topological polar surface area (TPSA) is 175 Å². The monoisotopic (exact) mass is 1420 g/mol. The molecule has 1 amide bonds. The molecule has 1 aliphatic rings. The summed E-state index contributed by atoms with van der Waals surface area (Å²) < 4.78 is 16.8. The maximum absolute atomic E-state index is 13.1. The van der Waals surface area contributed by atoms with E-state index in [0.717, 1.165) is 64.2 Å². The van der Waals surface area contributed by atoms with E-state index in [9.17, 15) is 35.1 Å². The van der Waals surface area contributed by atoms with Gasteiger partial charge < -0.3 is 45.1 Å². The summed E-state index contributed by atoms with van der Waals surface area (Å²) in [7, 11) is 0. The van der Waals surface area contributed by atoms with E-state index in [1.807, 2.05) is 6.08 Å². The molecule has 0 radical (unpaired) electrons. The molecule has 0 spiro atoms. The highest BCUT2D eigenvalue weighted by Gasteiger charge is 2.44. The molecule has 7 atom stereocenters. The van der Waals surface area contributed by atoms with Crippen LogP contribution in [-0.4, -0.2) is 100 Å². The number of hydrogen-bond acceptors (Lipinski definition) is 10. The van der Waals surface area contributed by atoms with Crippen molar-refractivity contribution in [3.05, 3.63) is 60.8 Å². The molecule has 0 aromatic carbocycles. The molecule has 0 bridgehead atoms. The van der Waals surface area contributed by atoms with Gasteiger partial charge in [-0.3, -0.25) is 9.59 Å². The summed E-state index contributed by atoms with van der Waals surface area (Å²) in [4.78, 5) is 25.3. The Balaban J connectivity index is 1.89. The Kier molecular flexibility index (Phi) is 74.8. The van der Waals surface area contributed by atoms with Gasteiger partial charge in [-0.1, -0.05) is 383 Å². The van der Waals surface area contributed by atoms with Crippen molar-refractivity contribution in [2.75, 3.05) is 19.8 Å². The van der Waals surface area contributed by atoms with Crippen LogP contribution in [0.3, 0.4) is 0 Å². The Morgan fingerprint density at radius 1 is 0.366 bits per heavy atom. The SMILES string of the molecule is CCCCCCCC/C=C\CCCCCCCCCCCC(=O)OCCCCCCCCCCCCCCCCC/C=C\C/C=C\CCCCCCCCCCCCCCCCCCCC(=O)NC(COC1OC(CO)C(O)C(O)C1O)C(O)/C=C/CC/C=C/CCCCCCCCCCC. The molecule has 101 heavy (non-hydrogen) atoms. The first-order valence-electron chi connectivity index (χ1n) is 44.1. The number of nitrogens with one attached hydrogen (secondary N) is 1. The van der Waals surface area contributed by atoms with E-state index in [1.165, 1.54) is 347 Å². The van der Waals surface area contributed by atoms with Gasteiger partial charge >= 0.3 is 5.97 Å². The average molecular weight is 1420 g/mol. The Hall–Kier alpha value is -2.64. The van der Waals surface area contributed by atoms with Crippen LogP contribution in [-0.2, 0) is 23.8 Å². The number of aliphatic hydroxyl groups is 5. The van der Waals surface area contributed by atoms with Gasteiger partial charge in [-0.05, 0) is 103 Å². The summed E-state index contributed by atoms with van der Waals surface area (Å²) in [6.07, 6.45) is 97.1. The van der Waals surface area contributed by atoms with Crippen LogP contribution >= 0.6 is 0 Å². The number of aliphatic hydroxyl groups excluding tert-OH is 5. The number of carbonyl (C=O) groups is 2. The first kappa shape index (κ1) is 96.4. The van der Waals surface area contributed by atoms with Crippen LogP contribution < -0.4 is 5.32 Å². The van der Waals surface area contributed by atoms with Gasteiger partial charge in [0.15, 0.2) is 6.29 Å². The summed E-state index contributed by atoms with van der Waals surface area (Å²) in [5, 5.41) is 54.6. The maximum Gasteiger partial charge on any atom is 0.305 e. The van der Waals surface area contributed by atoms with Gasteiger partial charge in [0.1, 0.15) is 24.4 Å². The van der Waals surface area contributed by atoms with Crippen molar-refractivity contribution in [2.45, 2.75) is 480 Å². The second-order valence-electron chi connectivity index (χ2n) is 30.6. The first-order chi connectivity index (χ1) is 49.7. The number of esters is 1. The minimum atomic E-state index is -1.58. The zero-order chi connectivity index (χ0) is 72.9. The lowest BCUT2D eigenvalue weighted by atomic mass is 9.99. The molecule has 0 aromatic rings. The number of ether oxygens (including phenoxy) is 3. The minimum absolute atomic E-state index is 0.0146. The Bertz CT molecular complexity index is 1870. The molecule has 11 heteroatoms. The van der Waals surface area contributed by atoms with Crippen LogP contribution in [0.5, 0.6) is 0 Å². The molecule has 0 aliphatic carbocycles. The zero-order valence-electron chi connectivity index (χ0n) is 66.4. The second kappa shape index (κ2) is 78.4. The number of allylic oxidation sites excluding steroid dienone is 9. The minimum Gasteiger partial charge on any atom is -0.466 e. The number of hydrogen-bond donors (Lipinski definition) is 6. The highest BCUT2D eigenvalue weighted by atomic mass is 16.7. The lowest BCUT2D eigenvalue weighted by Crippen LogP contribution is -2.60. The fourth-order valence-corrected chi connectivity index (χ4v) is 14.0. The molecule has 11 nitrogen and oxygen atoms in total. The van der Waals surface area contributed by atoms with E-state index in [-0.39, 0.29) is 18.5 Å². The predicted molar refractivity (Wildman–Crippen MR) is 430 cm³/mol. The quantitative estimate of drug-likeness (QED) is 0.0195. The lowest BCUT2D eigenvalue weighted by molar-refractivity contribution is -0.302. The van der Waals surface area contributed by atoms with Gasteiger partial charge in [-0.15, -0.1) is 0 Å². The Morgan fingerprint density at radius 2 is 0.673 bits per heavy atom. The van der Waals surface area contributed by atoms with Crippen LogP contribution in [0, 0.1) is 0 Å². The summed E-state index contributed by atoms with van der Waals surface area (Å²) in [6.45, 7) is 4.38. The number of rotatable bonds is 79. The van der Waals surface area contributed by atoms with Gasteiger partial charge in [0.2, 0.25) is 5.91 Å². The number of amides is 1. The third-order valence-electron chi connectivity index (χ3n) is 20.8. The van der Waals surface area contributed by atoms with E-state index in [1.54, 1.807) is 6.08 Å². The molecular weight excluding hydrogens is 1250 g/mol. The third kappa shape index (κ3) is 66.5. The standard InChI is InChI=1S/C90H167NO10/c1-3-5-7-9-11-13-15-17-19-20-42-46-50-54-58-62-66-70-74-78-86(95)99-79-75-71-67-63-59-55-51-47-44-41-39-37-35-33-31-29-27-25-23-21-22-24-26-28-30-32-34-36-38-40-43-45-49-53-57-61-65-69-73-77-85(94)91-82(81-100-90-89(98)88(97)87(96)84(80-92)101-90)83(93)76-72-68-64-60-56-52-48-18-16-14-12-10-8-6-4-2/h17,19,21-22,25,27,56,60,72,76,82-84,87-90,92-93,96-98H,3-16,18,20,23-24,26,28-55,57-59,61-71,73-75,77-81H2,1-2H3,(H,91,94)/b19-17-,22-21-,27-25-,60-56+,76-72+. The van der Waals surface area contributed by atoms with Crippen LogP contribution in [0.2, 0.25) is 0 Å². The van der Waals surface area contributed by atoms with E-state index < -0.39 is 49.5 Å². The van der Waals surface area contributed by atoms with Crippen molar-refractivity contribution in [1.82, 2.24) is 5.32 Å².